The molecule has 0 aliphatic rings. The van der Waals surface area contributed by atoms with E-state index in [4.69, 9.17) is 21.9 Å². The van der Waals surface area contributed by atoms with Crippen LogP contribution in [-0.2, 0) is 13.0 Å². The number of fused-ring (bicyclic) bond motifs is 3. The van der Waals surface area contributed by atoms with Gasteiger partial charge in [-0.3, -0.25) is 0 Å². The maximum absolute atomic E-state index is 6.27. The fourth-order valence-corrected chi connectivity index (χ4v) is 3.60. The molecule has 5 nitrogen and oxygen atoms in total. The molecule has 4 aromatic rings. The molecule has 0 unspecified atom stereocenters. The van der Waals surface area contributed by atoms with Gasteiger partial charge in [0.05, 0.1) is 11.0 Å². The summed E-state index contributed by atoms with van der Waals surface area (Å²) in [5, 5.41) is 1.07. The predicted molar refractivity (Wildman–Crippen MR) is 118 cm³/mol. The lowest BCUT2D eigenvalue weighted by Crippen LogP contribution is -2.06. The molecular weight excluding hydrogens is 360 g/mol. The third-order valence-electron chi connectivity index (χ3n) is 5.03. The molecule has 5 heteroatoms. The van der Waals surface area contributed by atoms with Crippen LogP contribution in [0, 0.1) is 12.3 Å². The second-order valence-electron chi connectivity index (χ2n) is 7.07. The topological polar surface area (TPSA) is 66.0 Å². The fraction of sp³-hybridized carbons (Fsp3) is 0.250. The predicted octanol–water partition coefficient (Wildman–Crippen LogP) is 4.57. The van der Waals surface area contributed by atoms with Gasteiger partial charge in [0.2, 0.25) is 0 Å². The number of anilines is 1. The summed E-state index contributed by atoms with van der Waals surface area (Å²) in [5.74, 6) is 4.78. The third kappa shape index (κ3) is 3.74. The van der Waals surface area contributed by atoms with Gasteiger partial charge in [0, 0.05) is 18.4 Å². The molecule has 0 radical (unpaired) electrons. The zero-order valence-electron chi connectivity index (χ0n) is 16.6. The SMILES string of the molecule is C#CCOc1ccc(Cn2c(CCCC)nc3c(N)nc4ccccc4c32)cc1. The summed E-state index contributed by atoms with van der Waals surface area (Å²) in [6, 6.07) is 16.1. The monoisotopic (exact) mass is 384 g/mol. The highest BCUT2D eigenvalue weighted by Gasteiger charge is 2.17. The number of para-hydroxylation sites is 1. The van der Waals surface area contributed by atoms with E-state index in [2.05, 4.69) is 40.6 Å². The van der Waals surface area contributed by atoms with Crippen molar-refractivity contribution in [1.29, 1.82) is 0 Å². The standard InChI is InChI=1S/C24H24N4O/c1-3-5-10-21-27-22-23(19-8-6-7-9-20(19)26-24(22)25)28(21)16-17-11-13-18(14-12-17)29-15-4-2/h2,6-9,11-14H,3,5,10,15-16H2,1H3,(H2,25,26). The second kappa shape index (κ2) is 8.24. The molecule has 0 aliphatic carbocycles. The lowest BCUT2D eigenvalue weighted by molar-refractivity contribution is 0.370. The molecule has 0 fully saturated rings. The summed E-state index contributed by atoms with van der Waals surface area (Å²) in [7, 11) is 0. The Balaban J connectivity index is 1.81. The van der Waals surface area contributed by atoms with Crippen molar-refractivity contribution in [3.63, 3.8) is 0 Å². The minimum atomic E-state index is 0.269. The molecular formula is C24H24N4O. The Morgan fingerprint density at radius 2 is 1.90 bits per heavy atom. The third-order valence-corrected chi connectivity index (χ3v) is 5.03. The van der Waals surface area contributed by atoms with Crippen molar-refractivity contribution in [2.75, 3.05) is 12.3 Å². The van der Waals surface area contributed by atoms with Crippen LogP contribution in [0.4, 0.5) is 5.82 Å². The summed E-state index contributed by atoms with van der Waals surface area (Å²) >= 11 is 0. The molecule has 2 aromatic heterocycles. The van der Waals surface area contributed by atoms with E-state index in [-0.39, 0.29) is 6.61 Å². The highest BCUT2D eigenvalue weighted by atomic mass is 16.5. The van der Waals surface area contributed by atoms with Crippen molar-refractivity contribution < 1.29 is 4.74 Å². The average Bonchev–Trinajstić information content (AvgIpc) is 3.11. The number of nitrogens with zero attached hydrogens (tertiary/aromatic N) is 3. The molecule has 4 rings (SSSR count). The molecule has 0 spiro atoms. The van der Waals surface area contributed by atoms with E-state index in [1.165, 1.54) is 0 Å². The van der Waals surface area contributed by atoms with Crippen molar-refractivity contribution in [1.82, 2.24) is 14.5 Å². The lowest BCUT2D eigenvalue weighted by Gasteiger charge is -2.12. The highest BCUT2D eigenvalue weighted by molar-refractivity contribution is 6.06. The van der Waals surface area contributed by atoms with Crippen LogP contribution in [0.2, 0.25) is 0 Å². The Morgan fingerprint density at radius 1 is 1.10 bits per heavy atom. The normalized spacial score (nSPS) is 11.0. The van der Waals surface area contributed by atoms with Crippen LogP contribution in [0.25, 0.3) is 21.9 Å². The number of nitrogens with two attached hydrogens (primary N) is 1. The van der Waals surface area contributed by atoms with Crippen LogP contribution in [0.5, 0.6) is 5.75 Å². The number of rotatable bonds is 7. The van der Waals surface area contributed by atoms with Gasteiger partial charge in [0.1, 0.15) is 23.7 Å². The summed E-state index contributed by atoms with van der Waals surface area (Å²) in [4.78, 5) is 9.44. The van der Waals surface area contributed by atoms with Gasteiger partial charge in [-0.25, -0.2) is 9.97 Å². The summed E-state index contributed by atoms with van der Waals surface area (Å²) in [6.07, 6.45) is 8.35. The number of benzene rings is 2. The number of imidazole rings is 1. The highest BCUT2D eigenvalue weighted by Crippen LogP contribution is 2.30. The fourth-order valence-electron chi connectivity index (χ4n) is 3.60. The molecule has 0 aliphatic heterocycles. The van der Waals surface area contributed by atoms with E-state index in [1.54, 1.807) is 0 Å². The molecule has 0 saturated carbocycles. The van der Waals surface area contributed by atoms with Crippen molar-refractivity contribution in [2.45, 2.75) is 32.7 Å². The van der Waals surface area contributed by atoms with E-state index in [0.29, 0.717) is 12.4 Å². The van der Waals surface area contributed by atoms with E-state index in [1.807, 2.05) is 30.3 Å². The number of pyridine rings is 1. The summed E-state index contributed by atoms with van der Waals surface area (Å²) < 4.78 is 7.77. The molecule has 2 aromatic carbocycles. The van der Waals surface area contributed by atoms with Crippen LogP contribution in [0.15, 0.2) is 48.5 Å². The second-order valence-corrected chi connectivity index (χ2v) is 7.07. The number of aromatic nitrogens is 3. The average molecular weight is 384 g/mol. The van der Waals surface area contributed by atoms with Gasteiger partial charge in [-0.05, 0) is 30.2 Å². The van der Waals surface area contributed by atoms with Crippen molar-refractivity contribution in [2.24, 2.45) is 0 Å². The Morgan fingerprint density at radius 3 is 2.66 bits per heavy atom. The zero-order valence-corrected chi connectivity index (χ0v) is 16.6. The number of hydrogen-bond acceptors (Lipinski definition) is 4. The molecule has 146 valence electrons. The van der Waals surface area contributed by atoms with Crippen LogP contribution in [-0.4, -0.2) is 21.1 Å². The van der Waals surface area contributed by atoms with Crippen LogP contribution in [0.3, 0.4) is 0 Å². The number of aryl methyl sites for hydroxylation is 1. The van der Waals surface area contributed by atoms with E-state index < -0.39 is 0 Å². The van der Waals surface area contributed by atoms with Gasteiger partial charge in [0.25, 0.3) is 0 Å². The van der Waals surface area contributed by atoms with Crippen molar-refractivity contribution in [3.05, 3.63) is 59.9 Å². The molecule has 2 heterocycles. The van der Waals surface area contributed by atoms with Gasteiger partial charge in [0.15, 0.2) is 5.82 Å². The maximum Gasteiger partial charge on any atom is 0.152 e. The molecule has 0 saturated heterocycles. The minimum Gasteiger partial charge on any atom is -0.481 e. The number of terminal acetylenes is 1. The molecule has 0 bridgehead atoms. The van der Waals surface area contributed by atoms with Gasteiger partial charge in [-0.1, -0.05) is 49.6 Å². The number of hydrogen-bond donors (Lipinski definition) is 1. The first kappa shape index (κ1) is 18.8. The van der Waals surface area contributed by atoms with Crippen molar-refractivity contribution >= 4 is 27.8 Å². The van der Waals surface area contributed by atoms with Crippen LogP contribution >= 0.6 is 0 Å². The van der Waals surface area contributed by atoms with E-state index >= 15 is 0 Å². The summed E-state index contributed by atoms with van der Waals surface area (Å²) in [5.41, 5.74) is 10.2. The quantitative estimate of drug-likeness (QED) is 0.474. The smallest absolute Gasteiger partial charge is 0.152 e. The van der Waals surface area contributed by atoms with Gasteiger partial charge < -0.3 is 15.0 Å². The molecule has 0 amide bonds. The van der Waals surface area contributed by atoms with E-state index in [0.717, 1.165) is 58.3 Å². The first-order valence-corrected chi connectivity index (χ1v) is 9.89. The van der Waals surface area contributed by atoms with Gasteiger partial charge >= 0.3 is 0 Å². The van der Waals surface area contributed by atoms with Gasteiger partial charge in [-0.15, -0.1) is 6.42 Å². The Hall–Kier alpha value is -3.52. The number of ether oxygens (including phenoxy) is 1. The zero-order chi connectivity index (χ0) is 20.2. The summed E-state index contributed by atoms with van der Waals surface area (Å²) in [6.45, 7) is 3.16. The van der Waals surface area contributed by atoms with Gasteiger partial charge in [-0.2, -0.15) is 0 Å². The van der Waals surface area contributed by atoms with Crippen LogP contribution < -0.4 is 10.5 Å². The maximum atomic E-state index is 6.27. The lowest BCUT2D eigenvalue weighted by atomic mass is 10.1. The molecule has 2 N–H and O–H groups in total. The number of nitrogen functional groups attached to an aromatic ring is 1. The van der Waals surface area contributed by atoms with Crippen molar-refractivity contribution in [3.8, 4) is 18.1 Å². The minimum absolute atomic E-state index is 0.269. The Kier molecular flexibility index (Phi) is 5.35. The molecule has 29 heavy (non-hydrogen) atoms. The van der Waals surface area contributed by atoms with Crippen LogP contribution in [0.1, 0.15) is 31.2 Å². The largest absolute Gasteiger partial charge is 0.481 e. The molecule has 0 atom stereocenters. The number of unbranched alkanes of at least 4 members (excludes halogenated alkanes) is 1. The first-order valence-electron chi connectivity index (χ1n) is 9.89. The first-order chi connectivity index (χ1) is 14.2. The Labute approximate surface area is 170 Å². The Bertz CT molecular complexity index is 1190. The van der Waals surface area contributed by atoms with E-state index in [9.17, 15) is 0 Å².